The molecule has 4 aromatic rings. The number of nitriles is 1. The van der Waals surface area contributed by atoms with Crippen molar-refractivity contribution in [2.24, 2.45) is 0 Å². The van der Waals surface area contributed by atoms with Crippen LogP contribution in [-0.4, -0.2) is 25.6 Å². The summed E-state index contributed by atoms with van der Waals surface area (Å²) in [6.07, 6.45) is 3.79. The monoisotopic (exact) mass is 371 g/mol. The number of rotatable bonds is 4. The lowest BCUT2D eigenvalue weighted by atomic mass is 10.1. The van der Waals surface area contributed by atoms with Gasteiger partial charge in [0.05, 0.1) is 11.9 Å². The molecule has 0 spiro atoms. The van der Waals surface area contributed by atoms with Crippen molar-refractivity contribution in [1.29, 1.82) is 5.26 Å². The van der Waals surface area contributed by atoms with E-state index in [1.165, 1.54) is 6.20 Å². The molecular weight excluding hydrogens is 354 g/mol. The minimum Gasteiger partial charge on any atom is -0.379 e. The maximum absolute atomic E-state index is 11.6. The molecule has 0 atom stereocenters. The number of hydrogen-bond donors (Lipinski definition) is 3. The van der Waals surface area contributed by atoms with Gasteiger partial charge >= 0.3 is 0 Å². The molecule has 1 aromatic carbocycles. The van der Waals surface area contributed by atoms with Crippen LogP contribution in [-0.2, 0) is 0 Å². The van der Waals surface area contributed by atoms with Crippen LogP contribution >= 0.6 is 0 Å². The Morgan fingerprint density at radius 1 is 1.29 bits per heavy atom. The van der Waals surface area contributed by atoms with Crippen molar-refractivity contribution in [3.63, 3.8) is 0 Å². The van der Waals surface area contributed by atoms with Crippen molar-refractivity contribution >= 4 is 33.7 Å². The van der Waals surface area contributed by atoms with Gasteiger partial charge < -0.3 is 15.6 Å². The summed E-state index contributed by atoms with van der Waals surface area (Å²) < 4.78 is 1.55. The van der Waals surface area contributed by atoms with E-state index in [4.69, 9.17) is 0 Å². The van der Waals surface area contributed by atoms with Gasteiger partial charge in [0.15, 0.2) is 17.2 Å². The van der Waals surface area contributed by atoms with E-state index in [1.54, 1.807) is 10.6 Å². The van der Waals surface area contributed by atoms with Crippen molar-refractivity contribution < 1.29 is 0 Å². The molecule has 0 saturated heterocycles. The van der Waals surface area contributed by atoms with Gasteiger partial charge in [0, 0.05) is 34.8 Å². The van der Waals surface area contributed by atoms with Crippen LogP contribution in [0.5, 0.6) is 0 Å². The smallest absolute Gasteiger partial charge is 0.248 e. The highest BCUT2D eigenvalue weighted by molar-refractivity contribution is 5.86. The number of aromatic nitrogens is 4. The van der Waals surface area contributed by atoms with Gasteiger partial charge in [0.25, 0.3) is 0 Å². The molecule has 0 bridgehead atoms. The third-order valence-electron chi connectivity index (χ3n) is 4.84. The zero-order chi connectivity index (χ0) is 19.3. The van der Waals surface area contributed by atoms with Gasteiger partial charge in [-0.25, -0.2) is 4.98 Å². The fourth-order valence-corrected chi connectivity index (χ4v) is 3.31. The van der Waals surface area contributed by atoms with Crippen LogP contribution in [0.15, 0.2) is 41.3 Å². The van der Waals surface area contributed by atoms with Crippen LogP contribution in [0.4, 0.5) is 17.2 Å². The first-order valence-corrected chi connectivity index (χ1v) is 9.07. The number of fused-ring (bicyclic) bond motifs is 2. The summed E-state index contributed by atoms with van der Waals surface area (Å²) in [4.78, 5) is 18.8. The lowest BCUT2D eigenvalue weighted by molar-refractivity contribution is 0.924. The molecule has 1 aliphatic rings. The first kappa shape index (κ1) is 16.3. The van der Waals surface area contributed by atoms with Crippen molar-refractivity contribution in [3.8, 4) is 6.07 Å². The SMILES string of the molecule is Cc1cc(=O)[nH]c2ccc(Nc3cc(NC4CC4)c4ncc(C#N)n4n3)cc12. The Labute approximate surface area is 159 Å². The highest BCUT2D eigenvalue weighted by Gasteiger charge is 2.23. The molecule has 8 heteroatoms. The molecule has 3 aromatic heterocycles. The van der Waals surface area contributed by atoms with Gasteiger partial charge in [-0.2, -0.15) is 9.78 Å². The standard InChI is InChI=1S/C20H17N7O/c1-11-6-19(28)25-16-5-4-13(7-15(11)16)24-18-8-17(23-12-2-3-12)20-22-10-14(9-21)27(20)26-18/h4-8,10,12,23H,2-3H2,1H3,(H,24,26)(H,25,28). The second kappa shape index (κ2) is 6.09. The minimum absolute atomic E-state index is 0.113. The maximum atomic E-state index is 11.6. The summed E-state index contributed by atoms with van der Waals surface area (Å²) in [5, 5.41) is 21.6. The molecule has 28 heavy (non-hydrogen) atoms. The van der Waals surface area contributed by atoms with Gasteiger partial charge in [-0.1, -0.05) is 0 Å². The number of benzene rings is 1. The molecule has 0 unspecified atom stereocenters. The van der Waals surface area contributed by atoms with Crippen LogP contribution in [0.2, 0.25) is 0 Å². The summed E-state index contributed by atoms with van der Waals surface area (Å²) >= 11 is 0. The third kappa shape index (κ3) is 2.83. The number of nitrogens with zero attached hydrogens (tertiary/aromatic N) is 4. The molecule has 3 N–H and O–H groups in total. The molecule has 0 radical (unpaired) electrons. The zero-order valence-corrected chi connectivity index (χ0v) is 15.2. The van der Waals surface area contributed by atoms with E-state index < -0.39 is 0 Å². The number of H-pyrrole nitrogens is 1. The summed E-state index contributed by atoms with van der Waals surface area (Å²) in [6.45, 7) is 1.91. The highest BCUT2D eigenvalue weighted by Crippen LogP contribution is 2.29. The Balaban J connectivity index is 1.58. The third-order valence-corrected chi connectivity index (χ3v) is 4.84. The molecule has 5 rings (SSSR count). The summed E-state index contributed by atoms with van der Waals surface area (Å²) in [7, 11) is 0. The maximum Gasteiger partial charge on any atom is 0.248 e. The zero-order valence-electron chi connectivity index (χ0n) is 15.2. The number of anilines is 3. The topological polar surface area (TPSA) is 111 Å². The van der Waals surface area contributed by atoms with E-state index in [2.05, 4.69) is 31.8 Å². The number of aromatic amines is 1. The van der Waals surface area contributed by atoms with Crippen LogP contribution in [0, 0.1) is 18.3 Å². The van der Waals surface area contributed by atoms with E-state index in [-0.39, 0.29) is 5.56 Å². The lowest BCUT2D eigenvalue weighted by Crippen LogP contribution is -2.08. The van der Waals surface area contributed by atoms with Crippen molar-refractivity contribution in [2.45, 2.75) is 25.8 Å². The Hall–Kier alpha value is -3.86. The van der Waals surface area contributed by atoms with Gasteiger partial charge in [0.2, 0.25) is 5.56 Å². The Morgan fingerprint density at radius 2 is 2.14 bits per heavy atom. The molecule has 0 amide bonds. The lowest BCUT2D eigenvalue weighted by Gasteiger charge is -2.12. The quantitative estimate of drug-likeness (QED) is 0.508. The Morgan fingerprint density at radius 3 is 2.93 bits per heavy atom. The van der Waals surface area contributed by atoms with E-state index in [9.17, 15) is 10.1 Å². The molecule has 0 aliphatic heterocycles. The van der Waals surface area contributed by atoms with Crippen molar-refractivity contribution in [3.05, 3.63) is 58.1 Å². The largest absolute Gasteiger partial charge is 0.379 e. The average molecular weight is 371 g/mol. The second-order valence-corrected chi connectivity index (χ2v) is 7.05. The second-order valence-electron chi connectivity index (χ2n) is 7.05. The van der Waals surface area contributed by atoms with Crippen LogP contribution in [0.25, 0.3) is 16.6 Å². The summed E-state index contributed by atoms with van der Waals surface area (Å²) in [5.41, 5.74) is 4.29. The summed E-state index contributed by atoms with van der Waals surface area (Å²) in [6, 6.07) is 11.8. The van der Waals surface area contributed by atoms with Crippen LogP contribution in [0.1, 0.15) is 24.1 Å². The minimum atomic E-state index is -0.113. The predicted molar refractivity (Wildman–Crippen MR) is 107 cm³/mol. The number of hydrogen-bond acceptors (Lipinski definition) is 6. The van der Waals surface area contributed by atoms with Crippen molar-refractivity contribution in [1.82, 2.24) is 19.6 Å². The first-order chi connectivity index (χ1) is 13.6. The first-order valence-electron chi connectivity index (χ1n) is 9.07. The van der Waals surface area contributed by atoms with Crippen LogP contribution in [0.3, 0.4) is 0 Å². The average Bonchev–Trinajstić information content (AvgIpc) is 3.38. The molecule has 8 nitrogen and oxygen atoms in total. The fourth-order valence-electron chi connectivity index (χ4n) is 3.31. The van der Waals surface area contributed by atoms with E-state index in [1.807, 2.05) is 31.2 Å². The number of nitrogens with one attached hydrogen (secondary N) is 3. The molecule has 1 saturated carbocycles. The normalized spacial score (nSPS) is 13.6. The van der Waals surface area contributed by atoms with Gasteiger partial charge in [-0.05, 0) is 43.5 Å². The number of aryl methyl sites for hydroxylation is 1. The van der Waals surface area contributed by atoms with Crippen LogP contribution < -0.4 is 16.2 Å². The summed E-state index contributed by atoms with van der Waals surface area (Å²) in [5.74, 6) is 0.603. The number of imidazole rings is 1. The predicted octanol–water partition coefficient (Wildman–Crippen LogP) is 3.07. The van der Waals surface area contributed by atoms with E-state index in [0.29, 0.717) is 23.2 Å². The van der Waals surface area contributed by atoms with Gasteiger partial charge in [-0.15, -0.1) is 5.10 Å². The Bertz CT molecular complexity index is 1320. The van der Waals surface area contributed by atoms with Gasteiger partial charge in [0.1, 0.15) is 6.07 Å². The molecule has 1 aliphatic carbocycles. The Kier molecular flexibility index (Phi) is 3.55. The molecular formula is C20H17N7O. The highest BCUT2D eigenvalue weighted by atomic mass is 16.1. The van der Waals surface area contributed by atoms with Crippen molar-refractivity contribution in [2.75, 3.05) is 10.6 Å². The van der Waals surface area contributed by atoms with E-state index in [0.717, 1.165) is 40.7 Å². The molecule has 3 heterocycles. The number of pyridine rings is 1. The van der Waals surface area contributed by atoms with Gasteiger partial charge in [-0.3, -0.25) is 4.79 Å². The molecule has 138 valence electrons. The molecule has 1 fully saturated rings. The van der Waals surface area contributed by atoms with E-state index >= 15 is 0 Å². The fraction of sp³-hybridized carbons (Fsp3) is 0.200.